The highest BCUT2D eigenvalue weighted by Gasteiger charge is 2.24. The van der Waals surface area contributed by atoms with Crippen LogP contribution in [-0.4, -0.2) is 20.6 Å². The Morgan fingerprint density at radius 1 is 1.24 bits per heavy atom. The number of aliphatic hydroxyl groups excluding tert-OH is 1. The van der Waals surface area contributed by atoms with Crippen molar-refractivity contribution >= 4 is 21.4 Å². The van der Waals surface area contributed by atoms with Crippen molar-refractivity contribution in [1.29, 1.82) is 0 Å². The molecule has 0 aliphatic heterocycles. The van der Waals surface area contributed by atoms with Crippen LogP contribution in [0, 0.1) is 0 Å². The zero-order chi connectivity index (χ0) is 11.8. The Bertz CT molecular complexity index is 529. The van der Waals surface area contributed by atoms with E-state index in [4.69, 9.17) is 0 Å². The minimum atomic E-state index is -0.110. The molecule has 0 atom stereocenters. The molecule has 0 amide bonds. The van der Waals surface area contributed by atoms with Crippen LogP contribution in [0.2, 0.25) is 0 Å². The molecule has 0 spiro atoms. The summed E-state index contributed by atoms with van der Waals surface area (Å²) in [6.45, 7) is 0. The van der Waals surface area contributed by atoms with Crippen LogP contribution in [0.4, 0.5) is 0 Å². The quantitative estimate of drug-likeness (QED) is 0.877. The van der Waals surface area contributed by atoms with Crippen LogP contribution in [0.3, 0.4) is 0 Å². The van der Waals surface area contributed by atoms with E-state index >= 15 is 0 Å². The fourth-order valence-corrected chi connectivity index (χ4v) is 3.15. The van der Waals surface area contributed by atoms with Gasteiger partial charge in [-0.2, -0.15) is 0 Å². The first-order valence-electron chi connectivity index (χ1n) is 6.06. The van der Waals surface area contributed by atoms with Gasteiger partial charge in [0.05, 0.1) is 11.6 Å². The summed E-state index contributed by atoms with van der Waals surface area (Å²) < 4.78 is 3.08. The largest absolute Gasteiger partial charge is 0.393 e. The second kappa shape index (κ2) is 4.42. The third-order valence-corrected chi connectivity index (χ3v) is 4.18. The van der Waals surface area contributed by atoms with Gasteiger partial charge >= 0.3 is 0 Å². The van der Waals surface area contributed by atoms with E-state index in [-0.39, 0.29) is 6.10 Å². The summed E-state index contributed by atoms with van der Waals surface area (Å²) in [5.74, 6) is 1.60. The Balaban J connectivity index is 2.00. The zero-order valence-electron chi connectivity index (χ0n) is 9.51. The highest BCUT2D eigenvalue weighted by atomic mass is 79.9. The first-order chi connectivity index (χ1) is 8.25. The second-order valence-electron chi connectivity index (χ2n) is 4.72. The Hall–Kier alpha value is -0.870. The summed E-state index contributed by atoms with van der Waals surface area (Å²) >= 11 is 3.51. The van der Waals surface area contributed by atoms with Crippen LogP contribution in [0.25, 0.3) is 5.52 Å². The SMILES string of the molecule is OC1CCC(c2nc(Br)c3ccccn23)CC1. The third-order valence-electron chi connectivity index (χ3n) is 3.59. The van der Waals surface area contributed by atoms with E-state index in [1.54, 1.807) is 0 Å². The van der Waals surface area contributed by atoms with Crippen LogP contribution in [0.15, 0.2) is 29.0 Å². The molecule has 3 rings (SSSR count). The van der Waals surface area contributed by atoms with Crippen LogP contribution in [0.1, 0.15) is 37.4 Å². The van der Waals surface area contributed by atoms with Gasteiger partial charge in [-0.05, 0) is 53.7 Å². The molecule has 0 radical (unpaired) electrons. The van der Waals surface area contributed by atoms with Crippen LogP contribution in [-0.2, 0) is 0 Å². The smallest absolute Gasteiger partial charge is 0.132 e. The highest BCUT2D eigenvalue weighted by molar-refractivity contribution is 9.10. The van der Waals surface area contributed by atoms with Gasteiger partial charge in [0.15, 0.2) is 0 Å². The van der Waals surface area contributed by atoms with Crippen molar-refractivity contribution in [3.8, 4) is 0 Å². The lowest BCUT2D eigenvalue weighted by Crippen LogP contribution is -2.18. The molecule has 1 aliphatic carbocycles. The summed E-state index contributed by atoms with van der Waals surface area (Å²) in [4.78, 5) is 4.64. The fraction of sp³-hybridized carbons (Fsp3) is 0.462. The van der Waals surface area contributed by atoms with Gasteiger partial charge in [0.25, 0.3) is 0 Å². The second-order valence-corrected chi connectivity index (χ2v) is 5.47. The van der Waals surface area contributed by atoms with Crippen molar-refractivity contribution in [2.75, 3.05) is 0 Å². The molecule has 0 saturated heterocycles. The molecule has 2 aromatic heterocycles. The first kappa shape index (κ1) is 11.2. The maximum atomic E-state index is 9.56. The molecule has 1 fully saturated rings. The number of pyridine rings is 1. The molecular formula is C13H15BrN2O. The van der Waals surface area contributed by atoms with Crippen LogP contribution in [0.5, 0.6) is 0 Å². The minimum absolute atomic E-state index is 0.110. The molecule has 1 N–H and O–H groups in total. The number of halogens is 1. The molecule has 3 nitrogen and oxygen atoms in total. The van der Waals surface area contributed by atoms with Gasteiger partial charge in [-0.3, -0.25) is 0 Å². The number of aliphatic hydroxyl groups is 1. The number of aromatic nitrogens is 2. The van der Waals surface area contributed by atoms with Gasteiger partial charge in [-0.25, -0.2) is 4.98 Å². The molecule has 17 heavy (non-hydrogen) atoms. The van der Waals surface area contributed by atoms with E-state index in [0.717, 1.165) is 41.6 Å². The number of imidazole rings is 1. The molecule has 0 unspecified atom stereocenters. The summed E-state index contributed by atoms with van der Waals surface area (Å²) in [6, 6.07) is 6.12. The molecule has 0 aromatic carbocycles. The first-order valence-corrected chi connectivity index (χ1v) is 6.85. The summed E-state index contributed by atoms with van der Waals surface area (Å²) in [5.41, 5.74) is 1.12. The number of rotatable bonds is 1. The number of fused-ring (bicyclic) bond motifs is 1. The van der Waals surface area contributed by atoms with Crippen molar-refractivity contribution in [3.63, 3.8) is 0 Å². The topological polar surface area (TPSA) is 37.5 Å². The van der Waals surface area contributed by atoms with E-state index in [1.165, 1.54) is 0 Å². The predicted octanol–water partition coefficient (Wildman–Crippen LogP) is 3.12. The molecule has 4 heteroatoms. The van der Waals surface area contributed by atoms with Gasteiger partial charge in [-0.1, -0.05) is 6.07 Å². The van der Waals surface area contributed by atoms with E-state index in [2.05, 4.69) is 37.6 Å². The standard InChI is InChI=1S/C13H15BrN2O/c14-12-11-3-1-2-8-16(11)13(15-12)9-4-6-10(17)7-5-9/h1-3,8-10,17H,4-7H2. The molecule has 1 aliphatic rings. The maximum Gasteiger partial charge on any atom is 0.132 e. The van der Waals surface area contributed by atoms with E-state index < -0.39 is 0 Å². The summed E-state index contributed by atoms with van der Waals surface area (Å²) in [6.07, 6.45) is 5.80. The molecule has 0 bridgehead atoms. The predicted molar refractivity (Wildman–Crippen MR) is 70.1 cm³/mol. The average molecular weight is 295 g/mol. The van der Waals surface area contributed by atoms with Crippen molar-refractivity contribution < 1.29 is 5.11 Å². The lowest BCUT2D eigenvalue weighted by Gasteiger charge is -2.24. The zero-order valence-corrected chi connectivity index (χ0v) is 11.1. The molecule has 2 aromatic rings. The number of hydrogen-bond donors (Lipinski definition) is 1. The number of nitrogens with zero attached hydrogens (tertiary/aromatic N) is 2. The lowest BCUT2D eigenvalue weighted by molar-refractivity contribution is 0.121. The average Bonchev–Trinajstić information content (AvgIpc) is 2.69. The molecule has 2 heterocycles. The summed E-state index contributed by atoms with van der Waals surface area (Å²) in [5, 5.41) is 9.56. The van der Waals surface area contributed by atoms with Crippen molar-refractivity contribution in [1.82, 2.24) is 9.38 Å². The highest BCUT2D eigenvalue weighted by Crippen LogP contribution is 2.34. The Kier molecular flexibility index (Phi) is 2.92. The van der Waals surface area contributed by atoms with Gasteiger partial charge in [-0.15, -0.1) is 0 Å². The molecule has 90 valence electrons. The maximum absolute atomic E-state index is 9.56. The molecular weight excluding hydrogens is 280 g/mol. The van der Waals surface area contributed by atoms with Crippen molar-refractivity contribution in [2.24, 2.45) is 0 Å². The molecule has 1 saturated carbocycles. The third kappa shape index (κ3) is 2.00. The van der Waals surface area contributed by atoms with Crippen LogP contribution < -0.4 is 0 Å². The van der Waals surface area contributed by atoms with Gasteiger partial charge in [0.1, 0.15) is 10.4 Å². The van der Waals surface area contributed by atoms with E-state index in [1.807, 2.05) is 12.1 Å². The summed E-state index contributed by atoms with van der Waals surface area (Å²) in [7, 11) is 0. The van der Waals surface area contributed by atoms with Crippen molar-refractivity contribution in [3.05, 3.63) is 34.8 Å². The Morgan fingerprint density at radius 3 is 2.76 bits per heavy atom. The van der Waals surface area contributed by atoms with Crippen molar-refractivity contribution in [2.45, 2.75) is 37.7 Å². The Labute approximate surface area is 109 Å². The fourth-order valence-electron chi connectivity index (χ4n) is 2.64. The Morgan fingerprint density at radius 2 is 2.00 bits per heavy atom. The normalized spacial score (nSPS) is 25.3. The lowest BCUT2D eigenvalue weighted by atomic mass is 9.87. The number of hydrogen-bond acceptors (Lipinski definition) is 2. The van der Waals surface area contributed by atoms with E-state index in [9.17, 15) is 5.11 Å². The minimum Gasteiger partial charge on any atom is -0.393 e. The van der Waals surface area contributed by atoms with Gasteiger partial charge in [0.2, 0.25) is 0 Å². The van der Waals surface area contributed by atoms with Gasteiger partial charge in [0, 0.05) is 12.1 Å². The van der Waals surface area contributed by atoms with Gasteiger partial charge < -0.3 is 9.51 Å². The van der Waals surface area contributed by atoms with E-state index in [0.29, 0.717) is 5.92 Å². The monoisotopic (exact) mass is 294 g/mol. The van der Waals surface area contributed by atoms with Crippen LogP contribution >= 0.6 is 15.9 Å².